The Morgan fingerprint density at radius 2 is 2.03 bits per heavy atom. The van der Waals surface area contributed by atoms with E-state index in [1.807, 2.05) is 0 Å². The second-order valence-electron chi connectivity index (χ2n) is 8.62. The van der Waals surface area contributed by atoms with Crippen molar-refractivity contribution in [3.8, 4) is 11.5 Å². The number of halogens is 3. The number of benzene rings is 1. The molecule has 214 valence electrons. The third-order valence-corrected chi connectivity index (χ3v) is 6.07. The van der Waals surface area contributed by atoms with Crippen molar-refractivity contribution >= 4 is 52.5 Å². The lowest BCUT2D eigenvalue weighted by Gasteiger charge is -2.25. The van der Waals surface area contributed by atoms with Crippen molar-refractivity contribution in [1.29, 1.82) is 0 Å². The Balaban J connectivity index is 2.06. The molecule has 2 atom stereocenters. The van der Waals surface area contributed by atoms with Gasteiger partial charge in [-0.15, -0.1) is 0 Å². The molecule has 1 fully saturated rings. The van der Waals surface area contributed by atoms with Crippen molar-refractivity contribution in [2.75, 3.05) is 45.4 Å². The van der Waals surface area contributed by atoms with Gasteiger partial charge in [-0.3, -0.25) is 10.1 Å². The maximum atomic E-state index is 13.4. The molecule has 13 heteroatoms. The minimum atomic E-state index is -1.58. The fraction of sp³-hybridized carbons (Fsp3) is 0.600. The van der Waals surface area contributed by atoms with Crippen LogP contribution in [0.3, 0.4) is 0 Å². The van der Waals surface area contributed by atoms with Crippen molar-refractivity contribution in [2.24, 2.45) is 0 Å². The van der Waals surface area contributed by atoms with Gasteiger partial charge < -0.3 is 34.1 Å². The molecule has 1 heterocycles. The lowest BCUT2D eigenvalue weighted by molar-refractivity contribution is -0.102. The predicted octanol–water partition coefficient (Wildman–Crippen LogP) is 4.67. The zero-order chi connectivity index (χ0) is 28.1. The van der Waals surface area contributed by atoms with Gasteiger partial charge in [0.1, 0.15) is 6.61 Å². The van der Waals surface area contributed by atoms with Gasteiger partial charge in [0.25, 0.3) is 5.91 Å². The summed E-state index contributed by atoms with van der Waals surface area (Å²) in [5.41, 5.74) is 0.381. The molecule has 0 unspecified atom stereocenters. The van der Waals surface area contributed by atoms with E-state index in [4.69, 9.17) is 53.8 Å². The number of carbonyl (C=O) groups excluding carboxylic acids is 2. The summed E-state index contributed by atoms with van der Waals surface area (Å²) >= 11 is 16.8. The largest absolute Gasteiger partial charge is 0.493 e. The van der Waals surface area contributed by atoms with Crippen molar-refractivity contribution in [3.63, 3.8) is 0 Å². The number of hydrogen-bond donors (Lipinski definition) is 3. The first-order valence-electron chi connectivity index (χ1n) is 12.3. The van der Waals surface area contributed by atoms with E-state index in [2.05, 4.69) is 11.9 Å². The van der Waals surface area contributed by atoms with Crippen LogP contribution in [0.5, 0.6) is 11.5 Å². The number of likely N-dealkylation sites (tertiary alicyclic amines) is 1. The molecule has 3 N–H and O–H groups in total. The highest BCUT2D eigenvalue weighted by Gasteiger charge is 2.31. The first kappa shape index (κ1) is 32.3. The molecule has 1 aromatic carbocycles. The number of aliphatic hydroxyl groups excluding tert-OH is 2. The number of unbranched alkanes of at least 4 members (excludes halogenated alkanes) is 2. The fourth-order valence-electron chi connectivity index (χ4n) is 3.89. The van der Waals surface area contributed by atoms with Crippen LogP contribution < -0.4 is 14.8 Å². The molecule has 10 nitrogen and oxygen atoms in total. The number of anilines is 1. The highest BCUT2D eigenvalue weighted by Crippen LogP contribution is 2.36. The lowest BCUT2D eigenvalue weighted by atomic mass is 10.1. The van der Waals surface area contributed by atoms with Crippen molar-refractivity contribution in [1.82, 2.24) is 4.90 Å². The normalized spacial score (nSPS) is 16.2. The first-order chi connectivity index (χ1) is 18.1. The number of ether oxygens (including phenoxy) is 4. The van der Waals surface area contributed by atoms with Gasteiger partial charge in [-0.05, 0) is 44.6 Å². The molecule has 0 bridgehead atoms. The van der Waals surface area contributed by atoms with Crippen LogP contribution >= 0.6 is 34.8 Å². The molecule has 2 amide bonds. The van der Waals surface area contributed by atoms with Crippen LogP contribution in [0.4, 0.5) is 10.5 Å². The summed E-state index contributed by atoms with van der Waals surface area (Å²) in [6, 6.07) is 2.72. The van der Waals surface area contributed by atoms with Crippen LogP contribution in [-0.2, 0) is 9.47 Å². The molecule has 1 aliphatic rings. The molecule has 1 aromatic rings. The molecule has 2 rings (SSSR count). The number of rotatable bonds is 15. The molecule has 0 aromatic heterocycles. The average Bonchev–Trinajstić information content (AvgIpc) is 3.36. The Labute approximate surface area is 237 Å². The zero-order valence-corrected chi connectivity index (χ0v) is 23.6. The summed E-state index contributed by atoms with van der Waals surface area (Å²) in [6.45, 7) is 3.96. The summed E-state index contributed by atoms with van der Waals surface area (Å²) in [6.07, 6.45) is 3.50. The summed E-state index contributed by atoms with van der Waals surface area (Å²) in [5.74, 6) is 0.295. The topological polar surface area (TPSA) is 127 Å². The molecule has 0 saturated carbocycles. The summed E-state index contributed by atoms with van der Waals surface area (Å²) in [4.78, 5) is 27.2. The van der Waals surface area contributed by atoms with E-state index in [0.717, 1.165) is 12.8 Å². The third kappa shape index (κ3) is 10.7. The number of carbonyl (C=O) groups is 2. The van der Waals surface area contributed by atoms with E-state index in [9.17, 15) is 19.8 Å². The SMILES string of the molecule is C=CCOC(=O)Nc1cc(OCCCCC[C@@H](O)OCC(Cl)(Cl)Cl)c(OC)cc1C(=O)N1CCC[C@H]1CO. The summed E-state index contributed by atoms with van der Waals surface area (Å²) < 4.78 is 19.9. The van der Waals surface area contributed by atoms with Gasteiger partial charge in [-0.2, -0.15) is 0 Å². The van der Waals surface area contributed by atoms with Crippen LogP contribution in [0.25, 0.3) is 0 Å². The van der Waals surface area contributed by atoms with E-state index in [1.165, 1.54) is 25.3 Å². The summed E-state index contributed by atoms with van der Waals surface area (Å²) in [5, 5.41) is 22.1. The van der Waals surface area contributed by atoms with E-state index in [-0.39, 0.29) is 43.0 Å². The van der Waals surface area contributed by atoms with Gasteiger partial charge >= 0.3 is 6.09 Å². The van der Waals surface area contributed by atoms with Crippen molar-refractivity contribution < 1.29 is 38.7 Å². The minimum Gasteiger partial charge on any atom is -0.493 e. The highest BCUT2D eigenvalue weighted by atomic mass is 35.6. The predicted molar refractivity (Wildman–Crippen MR) is 146 cm³/mol. The van der Waals surface area contributed by atoms with Crippen molar-refractivity contribution in [2.45, 2.75) is 54.6 Å². The summed E-state index contributed by atoms with van der Waals surface area (Å²) in [7, 11) is 1.45. The van der Waals surface area contributed by atoms with Gasteiger partial charge in [-0.25, -0.2) is 4.79 Å². The Kier molecular flexibility index (Phi) is 13.8. The van der Waals surface area contributed by atoms with E-state index >= 15 is 0 Å². The maximum Gasteiger partial charge on any atom is 0.411 e. The average molecular weight is 598 g/mol. The number of alkyl halides is 3. The Morgan fingerprint density at radius 3 is 2.68 bits per heavy atom. The van der Waals surface area contributed by atoms with Gasteiger partial charge in [0.2, 0.25) is 3.79 Å². The van der Waals surface area contributed by atoms with Gasteiger partial charge in [-0.1, -0.05) is 47.5 Å². The number of methoxy groups -OCH3 is 1. The standard InChI is InChI=1S/C25H35Cl3N2O8/c1-3-11-37-24(34)29-19-14-21(36-12-6-4-5-9-22(32)38-16-25(26,27)28)20(35-2)13-18(19)23(33)30-10-7-8-17(30)15-31/h3,13-14,17,22,31-32H,1,4-12,15-16H2,2H3,(H,29,34)/t17-,22-/m0/s1. The Morgan fingerprint density at radius 1 is 1.26 bits per heavy atom. The quantitative estimate of drug-likeness (QED) is 0.115. The third-order valence-electron chi connectivity index (χ3n) is 5.74. The molecule has 38 heavy (non-hydrogen) atoms. The zero-order valence-electron chi connectivity index (χ0n) is 21.3. The van der Waals surface area contributed by atoms with Crippen molar-refractivity contribution in [3.05, 3.63) is 30.4 Å². The maximum absolute atomic E-state index is 13.4. The van der Waals surface area contributed by atoms with Gasteiger partial charge in [0.05, 0.1) is 44.2 Å². The fourth-order valence-corrected chi connectivity index (χ4v) is 4.08. The molecule has 1 aliphatic heterocycles. The number of nitrogens with one attached hydrogen (secondary N) is 1. The van der Waals surface area contributed by atoms with E-state index < -0.39 is 16.2 Å². The first-order valence-corrected chi connectivity index (χ1v) is 13.4. The van der Waals surface area contributed by atoms with Crippen LogP contribution in [-0.4, -0.2) is 83.3 Å². The van der Waals surface area contributed by atoms with Gasteiger partial charge in [0.15, 0.2) is 17.8 Å². The lowest BCUT2D eigenvalue weighted by Crippen LogP contribution is -2.38. The number of aliphatic hydroxyl groups is 2. The van der Waals surface area contributed by atoms with Crippen LogP contribution in [0.15, 0.2) is 24.8 Å². The monoisotopic (exact) mass is 596 g/mol. The van der Waals surface area contributed by atoms with E-state index in [0.29, 0.717) is 50.3 Å². The Hall–Kier alpha value is -1.95. The second-order valence-corrected chi connectivity index (χ2v) is 11.1. The molecule has 1 saturated heterocycles. The second kappa shape index (κ2) is 16.2. The van der Waals surface area contributed by atoms with Gasteiger partial charge in [0, 0.05) is 12.6 Å². The molecule has 0 aliphatic carbocycles. The minimum absolute atomic E-state index is 0.00241. The van der Waals surface area contributed by atoms with Crippen LogP contribution in [0.2, 0.25) is 0 Å². The highest BCUT2D eigenvalue weighted by molar-refractivity contribution is 6.67. The number of hydrogen-bond acceptors (Lipinski definition) is 8. The smallest absolute Gasteiger partial charge is 0.411 e. The Bertz CT molecular complexity index is 929. The van der Waals surface area contributed by atoms with Crippen LogP contribution in [0.1, 0.15) is 48.9 Å². The van der Waals surface area contributed by atoms with E-state index in [1.54, 1.807) is 4.90 Å². The number of amides is 2. The van der Waals surface area contributed by atoms with Crippen LogP contribution in [0, 0.1) is 0 Å². The molecule has 0 spiro atoms. The molecule has 0 radical (unpaired) electrons. The molecular formula is C25H35Cl3N2O8. The number of nitrogens with zero attached hydrogens (tertiary/aromatic N) is 1. The molecular weight excluding hydrogens is 563 g/mol.